The molecule has 0 radical (unpaired) electrons. The molecular weight excluding hydrogens is 542 g/mol. The van der Waals surface area contributed by atoms with Crippen LogP contribution in [0.2, 0.25) is 0 Å². The number of halogens is 1. The summed E-state index contributed by atoms with van der Waals surface area (Å²) in [6, 6.07) is 20.4. The lowest BCUT2D eigenvalue weighted by Gasteiger charge is -2.37. The van der Waals surface area contributed by atoms with Crippen LogP contribution < -0.4 is 27.3 Å². The lowest BCUT2D eigenvalue weighted by molar-refractivity contribution is -0.703. The number of carbonyl (C=O) groups is 2. The number of aromatic nitrogens is 2. The van der Waals surface area contributed by atoms with Crippen molar-refractivity contribution in [2.45, 2.75) is 76.8 Å². The Morgan fingerprint density at radius 2 is 1.63 bits per heavy atom. The van der Waals surface area contributed by atoms with Crippen molar-refractivity contribution >= 4 is 11.9 Å². The molecule has 0 spiro atoms. The number of primary amides is 1. The van der Waals surface area contributed by atoms with Crippen molar-refractivity contribution in [3.63, 3.8) is 0 Å². The van der Waals surface area contributed by atoms with E-state index in [1.165, 1.54) is 5.82 Å². The molecule has 0 bridgehead atoms. The van der Waals surface area contributed by atoms with Gasteiger partial charge in [-0.1, -0.05) is 60.7 Å². The van der Waals surface area contributed by atoms with Gasteiger partial charge >= 0.3 is 5.97 Å². The number of aryl methyl sites for hydroxylation is 1. The van der Waals surface area contributed by atoms with Crippen LogP contribution in [-0.4, -0.2) is 23.1 Å². The number of unbranched alkanes of at least 4 members (excludes halogenated alkanes) is 2. The van der Waals surface area contributed by atoms with Crippen LogP contribution in [0.1, 0.15) is 74.9 Å². The minimum absolute atomic E-state index is 0. The van der Waals surface area contributed by atoms with Crippen LogP contribution in [0.5, 0.6) is 0 Å². The second kappa shape index (κ2) is 13.7. The molecule has 204 valence electrons. The van der Waals surface area contributed by atoms with E-state index < -0.39 is 5.41 Å². The number of esters is 1. The average Bonchev–Trinajstić information content (AvgIpc) is 3.53. The maximum absolute atomic E-state index is 13.4. The van der Waals surface area contributed by atoms with Gasteiger partial charge in [-0.15, -0.1) is 0 Å². The van der Waals surface area contributed by atoms with Gasteiger partial charge in [0.2, 0.25) is 5.91 Å². The van der Waals surface area contributed by atoms with E-state index in [9.17, 15) is 9.59 Å². The van der Waals surface area contributed by atoms with E-state index >= 15 is 0 Å². The van der Waals surface area contributed by atoms with E-state index in [4.69, 9.17) is 10.5 Å². The van der Waals surface area contributed by atoms with Crippen LogP contribution in [0.25, 0.3) is 0 Å². The molecule has 1 heterocycles. The van der Waals surface area contributed by atoms with Crippen molar-refractivity contribution in [1.82, 2.24) is 4.57 Å². The Bertz CT molecular complexity index is 1140. The van der Waals surface area contributed by atoms with Crippen molar-refractivity contribution in [3.8, 4) is 0 Å². The van der Waals surface area contributed by atoms with E-state index in [1.807, 2.05) is 67.6 Å². The largest absolute Gasteiger partial charge is 1.00 e. The molecule has 3 aromatic rings. The predicted molar refractivity (Wildman–Crippen MR) is 144 cm³/mol. The molecule has 4 rings (SSSR count). The third-order valence-corrected chi connectivity index (χ3v) is 8.04. The van der Waals surface area contributed by atoms with Gasteiger partial charge in [-0.05, 0) is 62.5 Å². The van der Waals surface area contributed by atoms with E-state index in [1.54, 1.807) is 0 Å². The van der Waals surface area contributed by atoms with E-state index in [-0.39, 0.29) is 34.8 Å². The number of hydrogen-bond donors (Lipinski definition) is 1. The summed E-state index contributed by atoms with van der Waals surface area (Å²) in [6.45, 7) is 5.38. The highest BCUT2D eigenvalue weighted by Gasteiger charge is 2.51. The molecule has 1 saturated carbocycles. The van der Waals surface area contributed by atoms with Gasteiger partial charge in [-0.2, -0.15) is 0 Å². The third-order valence-electron chi connectivity index (χ3n) is 8.04. The fourth-order valence-electron chi connectivity index (χ4n) is 6.23. The number of carbonyl (C=O) groups excluding carboxylic acids is 2. The molecule has 1 aromatic heterocycles. The van der Waals surface area contributed by atoms with Crippen molar-refractivity contribution in [2.75, 3.05) is 6.61 Å². The number of benzene rings is 2. The van der Waals surface area contributed by atoms with Gasteiger partial charge in [0.15, 0.2) is 0 Å². The van der Waals surface area contributed by atoms with E-state index in [0.717, 1.165) is 56.2 Å². The molecule has 2 unspecified atom stereocenters. The number of ether oxygens (including phenoxy) is 1. The maximum Gasteiger partial charge on any atom is 0.305 e. The first kappa shape index (κ1) is 29.6. The van der Waals surface area contributed by atoms with Gasteiger partial charge in [-0.25, -0.2) is 9.13 Å². The molecule has 7 heteroatoms. The van der Waals surface area contributed by atoms with Gasteiger partial charge in [-0.3, -0.25) is 9.59 Å². The van der Waals surface area contributed by atoms with E-state index in [0.29, 0.717) is 19.1 Å². The third kappa shape index (κ3) is 6.20. The number of amides is 1. The highest BCUT2D eigenvalue weighted by atomic mass is 79.9. The number of nitrogens with two attached hydrogens (primary N) is 1. The fraction of sp³-hybridized carbons (Fsp3) is 0.452. The second-order valence-corrected chi connectivity index (χ2v) is 10.1. The van der Waals surface area contributed by atoms with Crippen molar-refractivity contribution in [3.05, 3.63) is 90.0 Å². The van der Waals surface area contributed by atoms with Crippen LogP contribution in [0.4, 0.5) is 0 Å². The van der Waals surface area contributed by atoms with E-state index in [2.05, 4.69) is 28.5 Å². The highest BCUT2D eigenvalue weighted by Crippen LogP contribution is 2.49. The van der Waals surface area contributed by atoms with Crippen molar-refractivity contribution in [2.24, 2.45) is 11.7 Å². The van der Waals surface area contributed by atoms with Crippen LogP contribution in [0.3, 0.4) is 0 Å². The SMILES string of the molecule is CCOC(=O)CCCCC[n+]1ccn(C2CCC(C(C(N)=O)(c3ccccc3)c3ccccc3)C2)c1C.[Br-]. The Balaban J connectivity index is 0.00000400. The minimum Gasteiger partial charge on any atom is -1.00 e. The Kier molecular flexibility index (Phi) is 10.7. The lowest BCUT2D eigenvalue weighted by atomic mass is 9.64. The summed E-state index contributed by atoms with van der Waals surface area (Å²) >= 11 is 0. The smallest absolute Gasteiger partial charge is 0.305 e. The first-order chi connectivity index (χ1) is 18.0. The fourth-order valence-corrected chi connectivity index (χ4v) is 6.23. The second-order valence-electron chi connectivity index (χ2n) is 10.1. The standard InChI is InChI=1S/C31H39N3O3.BrH/c1-3-37-29(35)17-11-6-12-20-33-21-22-34(24(33)2)28-19-18-27(23-28)31(30(32)36,25-13-7-4-8-14-25)26-15-9-5-10-16-26;/h4-5,7-10,13-16,21-22,27-28H,3,6,11-12,17-20,23H2,1-2H3,(H-,32,36);1H. The minimum atomic E-state index is -0.854. The van der Waals surface area contributed by atoms with Gasteiger partial charge in [0.1, 0.15) is 23.9 Å². The Morgan fingerprint density at radius 1 is 1.00 bits per heavy atom. The van der Waals surface area contributed by atoms with Gasteiger partial charge < -0.3 is 27.5 Å². The molecule has 2 N–H and O–H groups in total. The molecule has 2 aromatic carbocycles. The molecule has 0 aliphatic heterocycles. The summed E-state index contributed by atoms with van der Waals surface area (Å²) in [7, 11) is 0. The van der Waals surface area contributed by atoms with Crippen LogP contribution in [-0.2, 0) is 26.3 Å². The lowest BCUT2D eigenvalue weighted by Crippen LogP contribution is -3.00. The molecule has 1 fully saturated rings. The van der Waals surface area contributed by atoms with Gasteiger partial charge in [0.25, 0.3) is 5.82 Å². The Labute approximate surface area is 237 Å². The summed E-state index contributed by atoms with van der Waals surface area (Å²) in [6.07, 6.45) is 10.5. The zero-order valence-corrected chi connectivity index (χ0v) is 24.1. The summed E-state index contributed by atoms with van der Waals surface area (Å²) in [5.41, 5.74) is 7.36. The normalized spacial score (nSPS) is 17.1. The molecule has 38 heavy (non-hydrogen) atoms. The zero-order chi connectivity index (χ0) is 26.3. The number of hydrogen-bond acceptors (Lipinski definition) is 3. The quantitative estimate of drug-likeness (QED) is 0.202. The monoisotopic (exact) mass is 581 g/mol. The summed E-state index contributed by atoms with van der Waals surface area (Å²) in [5, 5.41) is 0. The summed E-state index contributed by atoms with van der Waals surface area (Å²) in [4.78, 5) is 24.9. The topological polar surface area (TPSA) is 78.2 Å². The molecule has 1 amide bonds. The number of imidazole rings is 1. The number of nitrogens with zero attached hydrogens (tertiary/aromatic N) is 2. The molecule has 1 aliphatic rings. The van der Waals surface area contributed by atoms with Crippen LogP contribution >= 0.6 is 0 Å². The molecule has 0 saturated heterocycles. The Hall–Kier alpha value is -2.93. The molecule has 6 nitrogen and oxygen atoms in total. The average molecular weight is 583 g/mol. The zero-order valence-electron chi connectivity index (χ0n) is 22.5. The van der Waals surface area contributed by atoms with Crippen LogP contribution in [0.15, 0.2) is 73.1 Å². The first-order valence-electron chi connectivity index (χ1n) is 13.6. The molecule has 1 aliphatic carbocycles. The summed E-state index contributed by atoms with van der Waals surface area (Å²) < 4.78 is 9.69. The molecular formula is C31H40BrN3O3. The number of rotatable bonds is 12. The molecule has 2 atom stereocenters. The highest BCUT2D eigenvalue weighted by molar-refractivity contribution is 5.91. The Morgan fingerprint density at radius 3 is 2.21 bits per heavy atom. The van der Waals surface area contributed by atoms with Gasteiger partial charge in [0, 0.05) is 13.3 Å². The maximum atomic E-state index is 13.4. The van der Waals surface area contributed by atoms with Crippen molar-refractivity contribution in [1.29, 1.82) is 0 Å². The summed E-state index contributed by atoms with van der Waals surface area (Å²) in [5.74, 6) is 0.946. The van der Waals surface area contributed by atoms with Crippen LogP contribution in [0, 0.1) is 12.8 Å². The van der Waals surface area contributed by atoms with Gasteiger partial charge in [0.05, 0.1) is 13.2 Å². The first-order valence-corrected chi connectivity index (χ1v) is 13.6. The van der Waals surface area contributed by atoms with Crippen molar-refractivity contribution < 1.29 is 35.9 Å². The predicted octanol–water partition coefficient (Wildman–Crippen LogP) is 2.02.